The lowest BCUT2D eigenvalue weighted by Crippen LogP contribution is -2.26. The number of pyridine rings is 1. The Morgan fingerprint density at radius 1 is 1.38 bits per heavy atom. The maximum Gasteiger partial charge on any atom is 0.387 e. The molecule has 1 aromatic carbocycles. The molecule has 138 valence electrons. The second-order valence-corrected chi connectivity index (χ2v) is 5.02. The van der Waals surface area contributed by atoms with Crippen molar-refractivity contribution in [3.8, 4) is 11.5 Å². The molecule has 0 bridgehead atoms. The van der Waals surface area contributed by atoms with Crippen LogP contribution in [0, 0.1) is 10.1 Å². The number of aromatic nitrogens is 1. The van der Waals surface area contributed by atoms with E-state index in [2.05, 4.69) is 15.0 Å². The normalized spacial score (nSPS) is 10.5. The number of methoxy groups -OCH3 is 1. The molecule has 0 aliphatic rings. The van der Waals surface area contributed by atoms with Crippen molar-refractivity contribution >= 4 is 11.6 Å². The first kappa shape index (κ1) is 19.0. The second-order valence-electron chi connectivity index (χ2n) is 5.02. The highest BCUT2D eigenvalue weighted by atomic mass is 19.3. The predicted octanol–water partition coefficient (Wildman–Crippen LogP) is 2.57. The molecule has 0 aliphatic carbocycles. The van der Waals surface area contributed by atoms with E-state index >= 15 is 0 Å². The average Bonchev–Trinajstić information content (AvgIpc) is 2.61. The lowest BCUT2D eigenvalue weighted by Gasteiger charge is -2.12. The van der Waals surface area contributed by atoms with Gasteiger partial charge in [-0.3, -0.25) is 19.9 Å². The fourth-order valence-electron chi connectivity index (χ4n) is 2.19. The minimum atomic E-state index is -3.19. The number of nitro groups is 1. The molecular formula is C16H15F2N3O5. The maximum atomic E-state index is 12.4. The van der Waals surface area contributed by atoms with Crippen LogP contribution in [-0.2, 0) is 6.42 Å². The summed E-state index contributed by atoms with van der Waals surface area (Å²) in [6, 6.07) is 5.30. The van der Waals surface area contributed by atoms with Crippen molar-refractivity contribution in [3.63, 3.8) is 0 Å². The number of carbonyl (C=O) groups excluding carboxylic acids is 1. The Morgan fingerprint density at radius 2 is 2.15 bits per heavy atom. The standard InChI is InChI=1S/C16H15F2N3O5/c1-25-13-7-11(12(21(23)24)8-14(13)26-16(17)18)15(22)20-6-4-10-3-2-5-19-9-10/h2-3,5,7-9,16H,4,6H2,1H3,(H,20,22). The van der Waals surface area contributed by atoms with Crippen LogP contribution in [0.2, 0.25) is 0 Å². The Hall–Kier alpha value is -3.30. The molecule has 26 heavy (non-hydrogen) atoms. The molecule has 1 N–H and O–H groups in total. The van der Waals surface area contributed by atoms with Gasteiger partial charge in [0.25, 0.3) is 11.6 Å². The Bertz CT molecular complexity index is 787. The summed E-state index contributed by atoms with van der Waals surface area (Å²) in [6.07, 6.45) is 3.71. The van der Waals surface area contributed by atoms with Crippen LogP contribution in [0.3, 0.4) is 0 Å². The molecule has 10 heteroatoms. The summed E-state index contributed by atoms with van der Waals surface area (Å²) in [6.45, 7) is -2.98. The monoisotopic (exact) mass is 367 g/mol. The minimum Gasteiger partial charge on any atom is -0.493 e. The zero-order valence-corrected chi connectivity index (χ0v) is 13.6. The van der Waals surface area contributed by atoms with Crippen molar-refractivity contribution in [2.24, 2.45) is 0 Å². The van der Waals surface area contributed by atoms with E-state index in [1.165, 1.54) is 7.11 Å². The van der Waals surface area contributed by atoms with Crippen LogP contribution >= 0.6 is 0 Å². The number of ether oxygens (including phenoxy) is 2. The number of hydrogen-bond acceptors (Lipinski definition) is 6. The van der Waals surface area contributed by atoms with Crippen molar-refractivity contribution in [1.29, 1.82) is 0 Å². The molecule has 2 rings (SSSR count). The van der Waals surface area contributed by atoms with Gasteiger partial charge in [-0.1, -0.05) is 6.07 Å². The molecule has 2 aromatic rings. The molecule has 0 spiro atoms. The van der Waals surface area contributed by atoms with Crippen LogP contribution in [0.1, 0.15) is 15.9 Å². The molecule has 1 heterocycles. The maximum absolute atomic E-state index is 12.4. The van der Waals surface area contributed by atoms with Gasteiger partial charge in [0.2, 0.25) is 0 Å². The third kappa shape index (κ3) is 4.85. The topological polar surface area (TPSA) is 104 Å². The average molecular weight is 367 g/mol. The molecule has 0 unspecified atom stereocenters. The van der Waals surface area contributed by atoms with Crippen LogP contribution in [0.25, 0.3) is 0 Å². The van der Waals surface area contributed by atoms with Gasteiger partial charge in [-0.2, -0.15) is 8.78 Å². The largest absolute Gasteiger partial charge is 0.493 e. The SMILES string of the molecule is COc1cc(C(=O)NCCc2cccnc2)c([N+](=O)[O-])cc1OC(F)F. The Labute approximate surface area is 146 Å². The summed E-state index contributed by atoms with van der Waals surface area (Å²) in [5.74, 6) is -1.48. The van der Waals surface area contributed by atoms with Crippen molar-refractivity contribution in [1.82, 2.24) is 10.3 Å². The molecule has 0 fully saturated rings. The number of nitrogens with zero attached hydrogens (tertiary/aromatic N) is 2. The number of carbonyl (C=O) groups is 1. The molecule has 0 atom stereocenters. The van der Waals surface area contributed by atoms with Gasteiger partial charge in [0.1, 0.15) is 5.56 Å². The first-order valence-corrected chi connectivity index (χ1v) is 7.40. The number of rotatable bonds is 8. The van der Waals surface area contributed by atoms with Gasteiger partial charge in [0.15, 0.2) is 11.5 Å². The Balaban J connectivity index is 2.20. The highest BCUT2D eigenvalue weighted by Crippen LogP contribution is 2.35. The second kappa shape index (κ2) is 8.70. The first-order chi connectivity index (χ1) is 12.4. The van der Waals surface area contributed by atoms with Crippen LogP contribution in [0.5, 0.6) is 11.5 Å². The summed E-state index contributed by atoms with van der Waals surface area (Å²) in [7, 11) is 1.17. The lowest BCUT2D eigenvalue weighted by molar-refractivity contribution is -0.385. The minimum absolute atomic E-state index is 0.208. The van der Waals surface area contributed by atoms with Crippen molar-refractivity contribution in [2.45, 2.75) is 13.0 Å². The fraction of sp³-hybridized carbons (Fsp3) is 0.250. The van der Waals surface area contributed by atoms with Crippen molar-refractivity contribution in [2.75, 3.05) is 13.7 Å². The van der Waals surface area contributed by atoms with E-state index in [1.54, 1.807) is 18.5 Å². The molecule has 0 saturated heterocycles. The fourth-order valence-corrected chi connectivity index (χ4v) is 2.19. The van der Waals surface area contributed by atoms with E-state index in [0.29, 0.717) is 6.42 Å². The molecule has 0 saturated carbocycles. The molecule has 8 nitrogen and oxygen atoms in total. The molecule has 1 amide bonds. The molecule has 1 aromatic heterocycles. The highest BCUT2D eigenvalue weighted by molar-refractivity contribution is 5.99. The van der Waals surface area contributed by atoms with Gasteiger partial charge >= 0.3 is 6.61 Å². The van der Waals surface area contributed by atoms with Gasteiger partial charge in [0.05, 0.1) is 18.1 Å². The summed E-state index contributed by atoms with van der Waals surface area (Å²) in [5, 5.41) is 13.7. The van der Waals surface area contributed by atoms with Crippen LogP contribution < -0.4 is 14.8 Å². The number of alkyl halides is 2. The third-order valence-corrected chi connectivity index (χ3v) is 3.36. The van der Waals surface area contributed by atoms with Gasteiger partial charge in [-0.25, -0.2) is 0 Å². The van der Waals surface area contributed by atoms with Crippen molar-refractivity contribution < 1.29 is 28.0 Å². The van der Waals surface area contributed by atoms with E-state index in [-0.39, 0.29) is 17.9 Å². The number of amides is 1. The number of hydrogen-bond donors (Lipinski definition) is 1. The summed E-state index contributed by atoms with van der Waals surface area (Å²) in [4.78, 5) is 26.6. The predicted molar refractivity (Wildman–Crippen MR) is 86.6 cm³/mol. The number of nitro benzene ring substituents is 1. The van der Waals surface area contributed by atoms with Gasteiger partial charge in [-0.05, 0) is 18.1 Å². The summed E-state index contributed by atoms with van der Waals surface area (Å²) < 4.78 is 33.9. The number of halogens is 2. The van der Waals surface area contributed by atoms with E-state index in [4.69, 9.17) is 4.74 Å². The van der Waals surface area contributed by atoms with E-state index in [0.717, 1.165) is 17.7 Å². The van der Waals surface area contributed by atoms with Gasteiger partial charge in [-0.15, -0.1) is 0 Å². The van der Waals surface area contributed by atoms with Crippen LogP contribution in [0.4, 0.5) is 14.5 Å². The summed E-state index contributed by atoms with van der Waals surface area (Å²) in [5.41, 5.74) is -0.111. The van der Waals surface area contributed by atoms with Crippen LogP contribution in [-0.4, -0.2) is 36.1 Å². The molecule has 0 radical (unpaired) electrons. The van der Waals surface area contributed by atoms with Crippen LogP contribution in [0.15, 0.2) is 36.7 Å². The highest BCUT2D eigenvalue weighted by Gasteiger charge is 2.25. The van der Waals surface area contributed by atoms with E-state index in [1.807, 2.05) is 6.07 Å². The van der Waals surface area contributed by atoms with E-state index in [9.17, 15) is 23.7 Å². The Kier molecular flexibility index (Phi) is 6.36. The molecular weight excluding hydrogens is 352 g/mol. The van der Waals surface area contributed by atoms with Crippen molar-refractivity contribution in [3.05, 3.63) is 57.9 Å². The molecule has 0 aliphatic heterocycles. The number of nitrogens with one attached hydrogen (secondary N) is 1. The third-order valence-electron chi connectivity index (χ3n) is 3.36. The lowest BCUT2D eigenvalue weighted by atomic mass is 10.1. The first-order valence-electron chi connectivity index (χ1n) is 7.40. The zero-order valence-electron chi connectivity index (χ0n) is 13.6. The zero-order chi connectivity index (χ0) is 19.1. The summed E-state index contributed by atoms with van der Waals surface area (Å²) >= 11 is 0. The number of benzene rings is 1. The van der Waals surface area contributed by atoms with Gasteiger partial charge < -0.3 is 14.8 Å². The Morgan fingerprint density at radius 3 is 2.73 bits per heavy atom. The van der Waals surface area contributed by atoms with E-state index < -0.39 is 28.9 Å². The van der Waals surface area contributed by atoms with Gasteiger partial charge in [0, 0.05) is 25.0 Å². The smallest absolute Gasteiger partial charge is 0.387 e. The quantitative estimate of drug-likeness (QED) is 0.568.